The van der Waals surface area contributed by atoms with Gasteiger partial charge < -0.3 is 25.4 Å². The van der Waals surface area contributed by atoms with Crippen molar-refractivity contribution in [2.24, 2.45) is 0 Å². The minimum atomic E-state index is -1.09. The molecule has 0 bridgehead atoms. The number of thioether (sulfide) groups is 1. The Balaban J connectivity index is 1.63. The highest BCUT2D eigenvalue weighted by Crippen LogP contribution is 2.41. The van der Waals surface area contributed by atoms with E-state index in [1.165, 1.54) is 22.7 Å². The quantitative estimate of drug-likeness (QED) is 0.546. The van der Waals surface area contributed by atoms with Crippen molar-refractivity contribution in [2.45, 2.75) is 18.3 Å². The number of nitrogens with one attached hydrogen (secondary N) is 2. The molecule has 3 rings (SSSR count). The van der Waals surface area contributed by atoms with Crippen LogP contribution in [0.2, 0.25) is 0 Å². The molecule has 2 aromatic carbocycles. The van der Waals surface area contributed by atoms with Crippen molar-refractivity contribution >= 4 is 41.3 Å². The standard InChI is InChI=1S/C22H23N3O6S/c1-2-31-21(29)15-9-6-10-16(11-15)24-22(30)23-12-18(26)25-17(20(27)28)13-32-19(25)14-7-4-3-5-8-14/h3-11,17,19H,2,12-13H2,1H3,(H,27,28)(H2,23,24,30)/t17-,19+/m0/s1. The first-order chi connectivity index (χ1) is 15.4. The van der Waals surface area contributed by atoms with Crippen LogP contribution in [0, 0.1) is 0 Å². The van der Waals surface area contributed by atoms with E-state index in [2.05, 4.69) is 10.6 Å². The van der Waals surface area contributed by atoms with Gasteiger partial charge >= 0.3 is 18.0 Å². The maximum absolute atomic E-state index is 12.9. The highest BCUT2D eigenvalue weighted by Gasteiger charge is 2.42. The first kappa shape index (κ1) is 23.1. The smallest absolute Gasteiger partial charge is 0.338 e. The molecule has 3 N–H and O–H groups in total. The lowest BCUT2D eigenvalue weighted by atomic mass is 10.1. The number of ether oxygens (including phenoxy) is 1. The van der Waals surface area contributed by atoms with Crippen LogP contribution in [-0.2, 0) is 14.3 Å². The minimum Gasteiger partial charge on any atom is -0.480 e. The van der Waals surface area contributed by atoms with Crippen molar-refractivity contribution in [1.29, 1.82) is 0 Å². The molecule has 9 nitrogen and oxygen atoms in total. The van der Waals surface area contributed by atoms with Crippen LogP contribution < -0.4 is 10.6 Å². The molecule has 0 unspecified atom stereocenters. The van der Waals surface area contributed by atoms with Gasteiger partial charge in [0.05, 0.1) is 18.7 Å². The third-order valence-corrected chi connectivity index (χ3v) is 6.01. The van der Waals surface area contributed by atoms with Crippen molar-refractivity contribution in [3.05, 3.63) is 65.7 Å². The molecule has 2 atom stereocenters. The number of hydrogen-bond donors (Lipinski definition) is 3. The van der Waals surface area contributed by atoms with Gasteiger partial charge in [0.15, 0.2) is 0 Å². The maximum Gasteiger partial charge on any atom is 0.338 e. The number of hydrogen-bond acceptors (Lipinski definition) is 6. The highest BCUT2D eigenvalue weighted by molar-refractivity contribution is 7.99. The Labute approximate surface area is 189 Å². The van der Waals surface area contributed by atoms with Gasteiger partial charge in [0.25, 0.3) is 0 Å². The van der Waals surface area contributed by atoms with Gasteiger partial charge in [-0.2, -0.15) is 0 Å². The third-order valence-electron chi connectivity index (χ3n) is 4.69. The molecule has 1 saturated heterocycles. The van der Waals surface area contributed by atoms with Crippen LogP contribution >= 0.6 is 11.8 Å². The first-order valence-corrected chi connectivity index (χ1v) is 11.0. The molecule has 0 aliphatic carbocycles. The number of aliphatic carboxylic acids is 1. The fraction of sp³-hybridized carbons (Fsp3) is 0.273. The minimum absolute atomic E-state index is 0.231. The van der Waals surface area contributed by atoms with E-state index in [0.717, 1.165) is 5.56 Å². The van der Waals surface area contributed by atoms with E-state index in [4.69, 9.17) is 4.74 Å². The van der Waals surface area contributed by atoms with Gasteiger partial charge in [-0.25, -0.2) is 14.4 Å². The Bertz CT molecular complexity index is 1000. The zero-order valence-electron chi connectivity index (χ0n) is 17.3. The van der Waals surface area contributed by atoms with Gasteiger partial charge in [0.2, 0.25) is 5.91 Å². The summed E-state index contributed by atoms with van der Waals surface area (Å²) in [7, 11) is 0. The average Bonchev–Trinajstić information content (AvgIpc) is 3.24. The average molecular weight is 458 g/mol. The maximum atomic E-state index is 12.9. The van der Waals surface area contributed by atoms with Gasteiger partial charge in [-0.1, -0.05) is 36.4 Å². The number of benzene rings is 2. The van der Waals surface area contributed by atoms with Gasteiger partial charge in [0, 0.05) is 11.4 Å². The molecule has 2 aromatic rings. The summed E-state index contributed by atoms with van der Waals surface area (Å²) < 4.78 is 4.93. The molecular weight excluding hydrogens is 434 g/mol. The summed E-state index contributed by atoms with van der Waals surface area (Å²) in [6.45, 7) is 1.55. The van der Waals surface area contributed by atoms with Crippen LogP contribution in [0.15, 0.2) is 54.6 Å². The Morgan fingerprint density at radius 1 is 1.12 bits per heavy atom. The van der Waals surface area contributed by atoms with Crippen molar-refractivity contribution in [3.8, 4) is 0 Å². The molecular formula is C22H23N3O6S. The van der Waals surface area contributed by atoms with Gasteiger partial charge in [-0.15, -0.1) is 11.8 Å². The van der Waals surface area contributed by atoms with Crippen LogP contribution in [0.4, 0.5) is 10.5 Å². The number of esters is 1. The van der Waals surface area contributed by atoms with Crippen LogP contribution in [0.25, 0.3) is 0 Å². The first-order valence-electron chi connectivity index (χ1n) is 9.93. The van der Waals surface area contributed by atoms with Crippen molar-refractivity contribution in [3.63, 3.8) is 0 Å². The molecule has 0 saturated carbocycles. The Morgan fingerprint density at radius 3 is 2.56 bits per heavy atom. The largest absolute Gasteiger partial charge is 0.480 e. The van der Waals surface area contributed by atoms with Crippen LogP contribution in [0.1, 0.15) is 28.2 Å². The summed E-state index contributed by atoms with van der Waals surface area (Å²) in [4.78, 5) is 49.9. The number of carboxylic acid groups (broad SMARTS) is 1. The highest BCUT2D eigenvalue weighted by atomic mass is 32.2. The SMILES string of the molecule is CCOC(=O)c1cccc(NC(=O)NCC(=O)N2[C@@H](c3ccccc3)SC[C@H]2C(=O)O)c1. The van der Waals surface area contributed by atoms with E-state index in [9.17, 15) is 24.3 Å². The molecule has 0 radical (unpaired) electrons. The second-order valence-corrected chi connectivity index (χ2v) is 7.97. The third kappa shape index (κ3) is 5.58. The van der Waals surface area contributed by atoms with Crippen molar-refractivity contribution < 1.29 is 29.0 Å². The van der Waals surface area contributed by atoms with Crippen LogP contribution in [0.5, 0.6) is 0 Å². The number of carboxylic acids is 1. The zero-order valence-corrected chi connectivity index (χ0v) is 18.1. The van der Waals surface area contributed by atoms with Crippen molar-refractivity contribution in [2.75, 3.05) is 24.2 Å². The second-order valence-electron chi connectivity index (χ2n) is 6.86. The number of amides is 3. The fourth-order valence-electron chi connectivity index (χ4n) is 3.24. The van der Waals surface area contributed by atoms with Crippen LogP contribution in [-0.4, -0.2) is 58.8 Å². The predicted octanol–water partition coefficient (Wildman–Crippen LogP) is 2.71. The summed E-state index contributed by atoms with van der Waals surface area (Å²) in [5.74, 6) is -1.85. The normalized spacial score (nSPS) is 17.5. The lowest BCUT2D eigenvalue weighted by Crippen LogP contribution is -2.47. The summed E-state index contributed by atoms with van der Waals surface area (Å²) in [6.07, 6.45) is 0. The van der Waals surface area contributed by atoms with E-state index in [1.54, 1.807) is 25.1 Å². The molecule has 0 spiro atoms. The van der Waals surface area contributed by atoms with Gasteiger partial charge in [-0.3, -0.25) is 4.79 Å². The summed E-state index contributed by atoms with van der Waals surface area (Å²) in [6, 6.07) is 13.7. The summed E-state index contributed by atoms with van der Waals surface area (Å²) in [5, 5.41) is 14.1. The molecule has 1 aliphatic rings. The van der Waals surface area contributed by atoms with Gasteiger partial charge in [-0.05, 0) is 30.7 Å². The fourth-order valence-corrected chi connectivity index (χ4v) is 4.68. The Morgan fingerprint density at radius 2 is 1.88 bits per heavy atom. The molecule has 10 heteroatoms. The number of urea groups is 1. The van der Waals surface area contributed by atoms with E-state index in [1.807, 2.05) is 30.3 Å². The van der Waals surface area contributed by atoms with Crippen LogP contribution in [0.3, 0.4) is 0 Å². The second kappa shape index (κ2) is 10.7. The Hall–Kier alpha value is -3.53. The molecule has 1 aliphatic heterocycles. The number of rotatable bonds is 7. The van der Waals surface area contributed by atoms with E-state index in [0.29, 0.717) is 5.69 Å². The van der Waals surface area contributed by atoms with Gasteiger partial charge in [0.1, 0.15) is 11.4 Å². The van der Waals surface area contributed by atoms with E-state index < -0.39 is 35.3 Å². The summed E-state index contributed by atoms with van der Waals surface area (Å²) >= 11 is 1.37. The molecule has 1 fully saturated rings. The monoisotopic (exact) mass is 457 g/mol. The molecule has 1 heterocycles. The molecule has 32 heavy (non-hydrogen) atoms. The lowest BCUT2D eigenvalue weighted by molar-refractivity contribution is -0.148. The zero-order chi connectivity index (χ0) is 23.1. The Kier molecular flexibility index (Phi) is 7.72. The molecule has 3 amide bonds. The lowest BCUT2D eigenvalue weighted by Gasteiger charge is -2.27. The van der Waals surface area contributed by atoms with E-state index >= 15 is 0 Å². The predicted molar refractivity (Wildman–Crippen MR) is 119 cm³/mol. The summed E-state index contributed by atoms with van der Waals surface area (Å²) in [5.41, 5.74) is 1.45. The number of carbonyl (C=O) groups excluding carboxylic acids is 3. The number of anilines is 1. The van der Waals surface area contributed by atoms with Crippen molar-refractivity contribution in [1.82, 2.24) is 10.2 Å². The van der Waals surface area contributed by atoms with E-state index in [-0.39, 0.29) is 24.5 Å². The topological polar surface area (TPSA) is 125 Å². The molecule has 168 valence electrons. The number of nitrogens with zero attached hydrogens (tertiary/aromatic N) is 1. The molecule has 0 aromatic heterocycles. The number of carbonyl (C=O) groups is 4.